The zero-order valence-electron chi connectivity index (χ0n) is 15.4. The lowest BCUT2D eigenvalue weighted by atomic mass is 10.0. The molecule has 0 atom stereocenters. The zero-order chi connectivity index (χ0) is 16.1. The lowest BCUT2D eigenvalue weighted by Gasteiger charge is -2.03. The van der Waals surface area contributed by atoms with Crippen molar-refractivity contribution in [1.82, 2.24) is 0 Å². The molecule has 0 aromatic rings. The van der Waals surface area contributed by atoms with E-state index in [1.807, 2.05) is 0 Å². The second kappa shape index (κ2) is 21.3. The van der Waals surface area contributed by atoms with Crippen LogP contribution in [0.25, 0.3) is 0 Å². The average molecular weight is 330 g/mol. The van der Waals surface area contributed by atoms with Crippen LogP contribution in [-0.4, -0.2) is 18.1 Å². The molecular weight excluding hydrogens is 286 g/mol. The minimum atomic E-state index is 0.873. The highest BCUT2D eigenvalue weighted by atomic mass is 32.2. The molecule has 0 aliphatic rings. The maximum atomic E-state index is 5.50. The van der Waals surface area contributed by atoms with Gasteiger partial charge >= 0.3 is 0 Å². The molecule has 2 heteroatoms. The van der Waals surface area contributed by atoms with Gasteiger partial charge in [0, 0.05) is 0 Å². The van der Waals surface area contributed by atoms with Crippen LogP contribution in [0.2, 0.25) is 0 Å². The fraction of sp³-hybridized carbons (Fsp3) is 1.00. The third kappa shape index (κ3) is 20.3. The third-order valence-electron chi connectivity index (χ3n) is 4.45. The molecule has 134 valence electrons. The predicted octanol–water partition coefficient (Wildman–Crippen LogP) is 6.94. The summed E-state index contributed by atoms with van der Waals surface area (Å²) in [4.78, 5) is 0. The minimum Gasteiger partial charge on any atom is -0.330 e. The predicted molar refractivity (Wildman–Crippen MR) is 106 cm³/mol. The van der Waals surface area contributed by atoms with Crippen molar-refractivity contribution in [1.29, 1.82) is 0 Å². The van der Waals surface area contributed by atoms with Gasteiger partial charge in [0.05, 0.1) is 0 Å². The van der Waals surface area contributed by atoms with Crippen LogP contribution in [0.5, 0.6) is 0 Å². The van der Waals surface area contributed by atoms with Crippen LogP contribution in [0.3, 0.4) is 0 Å². The van der Waals surface area contributed by atoms with Gasteiger partial charge in [-0.2, -0.15) is 11.8 Å². The maximum Gasteiger partial charge on any atom is -0.00676 e. The van der Waals surface area contributed by atoms with Crippen LogP contribution in [0.1, 0.15) is 110 Å². The molecule has 2 N–H and O–H groups in total. The second-order valence-electron chi connectivity index (χ2n) is 6.64. The lowest BCUT2D eigenvalue weighted by molar-refractivity contribution is 0.530. The molecule has 0 unspecified atom stereocenters. The number of unbranched alkanes of at least 4 members (excludes halogenated alkanes) is 15. The van der Waals surface area contributed by atoms with Crippen LogP contribution < -0.4 is 5.73 Å². The second-order valence-corrected chi connectivity index (χ2v) is 8.04. The summed E-state index contributed by atoms with van der Waals surface area (Å²) in [7, 11) is 0. The highest BCUT2D eigenvalue weighted by Gasteiger charge is 1.94. The lowest BCUT2D eigenvalue weighted by Crippen LogP contribution is -1.97. The van der Waals surface area contributed by atoms with E-state index in [4.69, 9.17) is 5.73 Å². The van der Waals surface area contributed by atoms with Crippen LogP contribution in [0, 0.1) is 0 Å². The molecule has 22 heavy (non-hydrogen) atoms. The molecule has 0 fully saturated rings. The fourth-order valence-corrected chi connectivity index (χ4v) is 3.66. The van der Waals surface area contributed by atoms with E-state index in [0.717, 1.165) is 6.54 Å². The minimum absolute atomic E-state index is 0.873. The van der Waals surface area contributed by atoms with E-state index < -0.39 is 0 Å². The molecule has 0 saturated carbocycles. The average Bonchev–Trinajstić information content (AvgIpc) is 2.54. The highest BCUT2D eigenvalue weighted by molar-refractivity contribution is 7.99. The Hall–Kier alpha value is 0.310. The number of hydrogen-bond donors (Lipinski definition) is 1. The maximum absolute atomic E-state index is 5.50. The summed E-state index contributed by atoms with van der Waals surface area (Å²) in [6.45, 7) is 3.13. The Morgan fingerprint density at radius 2 is 0.818 bits per heavy atom. The van der Waals surface area contributed by atoms with Gasteiger partial charge in [0.1, 0.15) is 0 Å². The molecule has 1 nitrogen and oxygen atoms in total. The van der Waals surface area contributed by atoms with E-state index in [0.29, 0.717) is 0 Å². The Bertz CT molecular complexity index is 165. The SMILES string of the molecule is CCSCCCCCCCCCCCCCCCCCCN. The van der Waals surface area contributed by atoms with Crippen molar-refractivity contribution >= 4 is 11.8 Å². The van der Waals surface area contributed by atoms with Crippen LogP contribution in [0.15, 0.2) is 0 Å². The zero-order valence-corrected chi connectivity index (χ0v) is 16.2. The van der Waals surface area contributed by atoms with Crippen molar-refractivity contribution < 1.29 is 0 Å². The molecule has 0 bridgehead atoms. The van der Waals surface area contributed by atoms with Gasteiger partial charge in [0.2, 0.25) is 0 Å². The Labute approximate surface area is 145 Å². The van der Waals surface area contributed by atoms with Crippen molar-refractivity contribution in [2.45, 2.75) is 110 Å². The summed E-state index contributed by atoms with van der Waals surface area (Å²) < 4.78 is 0. The summed E-state index contributed by atoms with van der Waals surface area (Å²) in [6.07, 6.45) is 22.9. The van der Waals surface area contributed by atoms with Gasteiger partial charge < -0.3 is 5.73 Å². The van der Waals surface area contributed by atoms with E-state index in [1.54, 1.807) is 0 Å². The van der Waals surface area contributed by atoms with Crippen molar-refractivity contribution in [2.75, 3.05) is 18.1 Å². The van der Waals surface area contributed by atoms with Crippen LogP contribution in [-0.2, 0) is 0 Å². The number of nitrogens with two attached hydrogens (primary N) is 1. The number of rotatable bonds is 19. The summed E-state index contributed by atoms with van der Waals surface area (Å²) in [5, 5.41) is 0. The summed E-state index contributed by atoms with van der Waals surface area (Å²) in [6, 6.07) is 0. The Morgan fingerprint density at radius 3 is 1.14 bits per heavy atom. The Kier molecular flexibility index (Phi) is 21.6. The standard InChI is InChI=1S/C20H43NS/c1-2-22-20-18-16-14-12-10-8-6-4-3-5-7-9-11-13-15-17-19-21/h2-21H2,1H3. The third-order valence-corrected chi connectivity index (χ3v) is 5.43. The van der Waals surface area contributed by atoms with Gasteiger partial charge in [0.15, 0.2) is 0 Å². The first-order valence-electron chi connectivity index (χ1n) is 10.2. The van der Waals surface area contributed by atoms with Crippen LogP contribution >= 0.6 is 11.8 Å². The van der Waals surface area contributed by atoms with Crippen molar-refractivity contribution in [3.05, 3.63) is 0 Å². The van der Waals surface area contributed by atoms with Gasteiger partial charge in [-0.05, 0) is 30.9 Å². The topological polar surface area (TPSA) is 26.0 Å². The van der Waals surface area contributed by atoms with Gasteiger partial charge in [-0.3, -0.25) is 0 Å². The summed E-state index contributed by atoms with van der Waals surface area (Å²) in [5.41, 5.74) is 5.50. The Balaban J connectivity index is 2.91. The van der Waals surface area contributed by atoms with E-state index in [-0.39, 0.29) is 0 Å². The molecule has 0 amide bonds. The quantitative estimate of drug-likeness (QED) is 0.260. The van der Waals surface area contributed by atoms with Gasteiger partial charge in [-0.25, -0.2) is 0 Å². The van der Waals surface area contributed by atoms with Gasteiger partial charge in [-0.15, -0.1) is 0 Å². The molecule has 0 spiro atoms. The van der Waals surface area contributed by atoms with Crippen molar-refractivity contribution in [3.63, 3.8) is 0 Å². The molecule has 0 aromatic carbocycles. The van der Waals surface area contributed by atoms with E-state index >= 15 is 0 Å². The molecular formula is C20H43NS. The van der Waals surface area contributed by atoms with Crippen molar-refractivity contribution in [3.8, 4) is 0 Å². The first kappa shape index (κ1) is 22.3. The van der Waals surface area contributed by atoms with E-state index in [1.165, 1.54) is 114 Å². The molecule has 0 aliphatic carbocycles. The highest BCUT2D eigenvalue weighted by Crippen LogP contribution is 2.14. The summed E-state index contributed by atoms with van der Waals surface area (Å²) >= 11 is 2.09. The number of hydrogen-bond acceptors (Lipinski definition) is 2. The first-order valence-corrected chi connectivity index (χ1v) is 11.3. The molecule has 0 heterocycles. The van der Waals surface area contributed by atoms with E-state index in [9.17, 15) is 0 Å². The molecule has 0 aromatic heterocycles. The molecule has 0 saturated heterocycles. The van der Waals surface area contributed by atoms with Gasteiger partial charge in [-0.1, -0.05) is 96.8 Å². The Morgan fingerprint density at radius 1 is 0.500 bits per heavy atom. The van der Waals surface area contributed by atoms with Gasteiger partial charge in [0.25, 0.3) is 0 Å². The molecule has 0 radical (unpaired) electrons. The molecule has 0 rings (SSSR count). The van der Waals surface area contributed by atoms with Crippen molar-refractivity contribution in [2.24, 2.45) is 5.73 Å². The number of thioether (sulfide) groups is 1. The van der Waals surface area contributed by atoms with E-state index in [2.05, 4.69) is 18.7 Å². The largest absolute Gasteiger partial charge is 0.330 e. The first-order chi connectivity index (χ1) is 10.9. The smallest absolute Gasteiger partial charge is 0.00676 e. The monoisotopic (exact) mass is 329 g/mol. The molecule has 0 aliphatic heterocycles. The fourth-order valence-electron chi connectivity index (χ4n) is 2.97. The summed E-state index contributed by atoms with van der Waals surface area (Å²) in [5.74, 6) is 2.66. The van der Waals surface area contributed by atoms with Crippen LogP contribution in [0.4, 0.5) is 0 Å². The normalized spacial score (nSPS) is 11.2.